The standard InChI is InChI=1S/C23H21NO5S/c1-5-14-10-15-18(11-17(14)29-13(3)23(26)27-4)28-12(2)20(21(15)25)22-24-16-8-6-7-9-19(16)30-22/h6-11,13H,5H2,1-4H3/t13-/m0/s1. The molecule has 2 heterocycles. The Kier molecular flexibility index (Phi) is 5.30. The van der Waals surface area contributed by atoms with Gasteiger partial charge in [0.05, 0.1) is 28.3 Å². The van der Waals surface area contributed by atoms with Crippen molar-refractivity contribution in [2.75, 3.05) is 7.11 Å². The van der Waals surface area contributed by atoms with Crippen molar-refractivity contribution in [2.24, 2.45) is 0 Å². The number of rotatable bonds is 5. The fraction of sp³-hybridized carbons (Fsp3) is 0.261. The van der Waals surface area contributed by atoms with E-state index in [4.69, 9.17) is 13.9 Å². The Bertz CT molecular complexity index is 1290. The van der Waals surface area contributed by atoms with Crippen LogP contribution in [-0.4, -0.2) is 24.2 Å². The number of carbonyl (C=O) groups excluding carboxylic acids is 1. The molecule has 0 N–H and O–H groups in total. The number of aryl methyl sites for hydroxylation is 2. The van der Waals surface area contributed by atoms with Gasteiger partial charge in [0.25, 0.3) is 0 Å². The van der Waals surface area contributed by atoms with Crippen LogP contribution in [0.5, 0.6) is 5.75 Å². The number of thiazole rings is 1. The second-order valence-corrected chi connectivity index (χ2v) is 7.97. The molecule has 1 atom stereocenters. The van der Waals surface area contributed by atoms with Crippen LogP contribution in [0.15, 0.2) is 45.6 Å². The summed E-state index contributed by atoms with van der Waals surface area (Å²) in [6.45, 7) is 5.34. The largest absolute Gasteiger partial charge is 0.479 e. The van der Waals surface area contributed by atoms with Gasteiger partial charge >= 0.3 is 5.97 Å². The lowest BCUT2D eigenvalue weighted by atomic mass is 10.1. The lowest BCUT2D eigenvalue weighted by Gasteiger charge is -2.16. The molecule has 0 fully saturated rings. The van der Waals surface area contributed by atoms with Crippen LogP contribution in [0.2, 0.25) is 0 Å². The summed E-state index contributed by atoms with van der Waals surface area (Å²) in [7, 11) is 1.31. The van der Waals surface area contributed by atoms with Crippen molar-refractivity contribution in [3.63, 3.8) is 0 Å². The maximum atomic E-state index is 13.4. The third-order valence-electron chi connectivity index (χ3n) is 4.98. The molecule has 0 aliphatic carbocycles. The van der Waals surface area contributed by atoms with E-state index >= 15 is 0 Å². The monoisotopic (exact) mass is 423 g/mol. The zero-order chi connectivity index (χ0) is 21.4. The van der Waals surface area contributed by atoms with Gasteiger partial charge in [-0.15, -0.1) is 11.3 Å². The molecule has 0 spiro atoms. The van der Waals surface area contributed by atoms with Crippen LogP contribution in [0.4, 0.5) is 0 Å². The van der Waals surface area contributed by atoms with E-state index in [1.165, 1.54) is 18.4 Å². The summed E-state index contributed by atoms with van der Waals surface area (Å²) in [6.07, 6.45) is -0.143. The zero-order valence-electron chi connectivity index (χ0n) is 17.1. The number of ether oxygens (including phenoxy) is 2. The average Bonchev–Trinajstić information content (AvgIpc) is 3.16. The van der Waals surface area contributed by atoms with Gasteiger partial charge in [-0.2, -0.15) is 0 Å². The third kappa shape index (κ3) is 3.45. The number of hydrogen-bond acceptors (Lipinski definition) is 7. The lowest BCUT2D eigenvalue weighted by molar-refractivity contribution is -0.147. The van der Waals surface area contributed by atoms with Gasteiger partial charge in [-0.1, -0.05) is 19.1 Å². The third-order valence-corrected chi connectivity index (χ3v) is 6.03. The number of benzene rings is 2. The van der Waals surface area contributed by atoms with Crippen LogP contribution < -0.4 is 10.2 Å². The fourth-order valence-electron chi connectivity index (χ4n) is 3.40. The molecular formula is C23H21NO5S. The minimum absolute atomic E-state index is 0.130. The number of aromatic nitrogens is 1. The molecule has 0 aliphatic rings. The van der Waals surface area contributed by atoms with E-state index in [9.17, 15) is 9.59 Å². The molecule has 4 rings (SSSR count). The van der Waals surface area contributed by atoms with Crippen molar-refractivity contribution in [2.45, 2.75) is 33.3 Å². The summed E-state index contributed by atoms with van der Waals surface area (Å²) in [5, 5.41) is 1.10. The van der Waals surface area contributed by atoms with Gasteiger partial charge in [-0.25, -0.2) is 9.78 Å². The molecule has 6 nitrogen and oxygen atoms in total. The van der Waals surface area contributed by atoms with E-state index in [1.807, 2.05) is 31.2 Å². The highest BCUT2D eigenvalue weighted by Gasteiger charge is 2.21. The number of carbonyl (C=O) groups is 1. The number of para-hydroxylation sites is 1. The average molecular weight is 423 g/mol. The van der Waals surface area contributed by atoms with Gasteiger partial charge in [-0.05, 0) is 44.0 Å². The predicted molar refractivity (Wildman–Crippen MR) is 117 cm³/mol. The van der Waals surface area contributed by atoms with Crippen LogP contribution in [0.25, 0.3) is 31.8 Å². The number of nitrogens with zero attached hydrogens (tertiary/aromatic N) is 1. The van der Waals surface area contributed by atoms with Gasteiger partial charge in [0.15, 0.2) is 6.10 Å². The molecule has 0 aliphatic heterocycles. The SMILES string of the molecule is CCc1cc2c(=O)c(-c3nc4ccccc4s3)c(C)oc2cc1O[C@@H](C)C(=O)OC. The molecule has 0 radical (unpaired) electrons. The molecule has 30 heavy (non-hydrogen) atoms. The van der Waals surface area contributed by atoms with E-state index in [1.54, 1.807) is 26.0 Å². The van der Waals surface area contributed by atoms with Crippen molar-refractivity contribution in [1.29, 1.82) is 0 Å². The van der Waals surface area contributed by atoms with Crippen LogP contribution in [0.3, 0.4) is 0 Å². The smallest absolute Gasteiger partial charge is 0.346 e. The van der Waals surface area contributed by atoms with Crippen LogP contribution in [-0.2, 0) is 16.0 Å². The molecule has 154 valence electrons. The summed E-state index contributed by atoms with van der Waals surface area (Å²) in [4.78, 5) is 29.7. The van der Waals surface area contributed by atoms with Gasteiger partial charge in [0.2, 0.25) is 5.43 Å². The quantitative estimate of drug-likeness (QED) is 0.426. The van der Waals surface area contributed by atoms with Crippen molar-refractivity contribution in [1.82, 2.24) is 4.98 Å². The molecule has 0 unspecified atom stereocenters. The normalized spacial score (nSPS) is 12.3. The van der Waals surface area contributed by atoms with Gasteiger partial charge in [-0.3, -0.25) is 4.79 Å². The molecule has 0 amide bonds. The van der Waals surface area contributed by atoms with Crippen molar-refractivity contribution in [3.8, 4) is 16.3 Å². The first-order valence-electron chi connectivity index (χ1n) is 9.63. The first kappa shape index (κ1) is 20.1. The fourth-order valence-corrected chi connectivity index (χ4v) is 4.45. The summed E-state index contributed by atoms with van der Waals surface area (Å²) in [5.41, 5.74) is 2.42. The molecule has 7 heteroatoms. The lowest BCUT2D eigenvalue weighted by Crippen LogP contribution is -2.25. The van der Waals surface area contributed by atoms with Crippen molar-refractivity contribution >= 4 is 38.5 Å². The Hall–Kier alpha value is -3.19. The maximum Gasteiger partial charge on any atom is 0.346 e. The Balaban J connectivity index is 1.87. The van der Waals surface area contributed by atoms with Gasteiger partial charge < -0.3 is 13.9 Å². The summed E-state index contributed by atoms with van der Waals surface area (Å²) < 4.78 is 17.5. The molecule has 0 saturated carbocycles. The van der Waals surface area contributed by atoms with Crippen molar-refractivity contribution < 1.29 is 18.7 Å². The second kappa shape index (κ2) is 7.91. The van der Waals surface area contributed by atoms with Crippen molar-refractivity contribution in [3.05, 3.63) is 57.9 Å². The highest BCUT2D eigenvalue weighted by atomic mass is 32.1. The van der Waals surface area contributed by atoms with E-state index in [-0.39, 0.29) is 5.43 Å². The van der Waals surface area contributed by atoms with E-state index in [0.717, 1.165) is 15.8 Å². The summed E-state index contributed by atoms with van der Waals surface area (Å²) in [6, 6.07) is 11.2. The van der Waals surface area contributed by atoms with Crippen LogP contribution in [0.1, 0.15) is 25.2 Å². The zero-order valence-corrected chi connectivity index (χ0v) is 18.0. The number of hydrogen-bond donors (Lipinski definition) is 0. The number of fused-ring (bicyclic) bond motifs is 2. The highest BCUT2D eigenvalue weighted by Crippen LogP contribution is 2.33. The summed E-state index contributed by atoms with van der Waals surface area (Å²) in [5.74, 6) is 0.516. The van der Waals surface area contributed by atoms with Gasteiger partial charge in [0, 0.05) is 6.07 Å². The van der Waals surface area contributed by atoms with E-state index in [2.05, 4.69) is 4.98 Å². The molecule has 2 aromatic carbocycles. The number of methoxy groups -OCH3 is 1. The van der Waals surface area contributed by atoms with Crippen LogP contribution in [0, 0.1) is 6.92 Å². The Morgan fingerprint density at radius 3 is 2.73 bits per heavy atom. The maximum absolute atomic E-state index is 13.4. The Morgan fingerprint density at radius 1 is 1.27 bits per heavy atom. The first-order valence-corrected chi connectivity index (χ1v) is 10.4. The predicted octanol–water partition coefficient (Wildman–Crippen LogP) is 4.88. The Labute approximate surface area is 177 Å². The molecule has 4 aromatic rings. The topological polar surface area (TPSA) is 78.6 Å². The molecule has 0 bridgehead atoms. The molecule has 2 aromatic heterocycles. The Morgan fingerprint density at radius 2 is 2.03 bits per heavy atom. The number of esters is 1. The highest BCUT2D eigenvalue weighted by molar-refractivity contribution is 7.21. The molecule has 0 saturated heterocycles. The molecular weight excluding hydrogens is 402 g/mol. The minimum Gasteiger partial charge on any atom is -0.479 e. The van der Waals surface area contributed by atoms with Gasteiger partial charge in [0.1, 0.15) is 22.1 Å². The van der Waals surface area contributed by atoms with E-state index in [0.29, 0.717) is 39.5 Å². The first-order chi connectivity index (χ1) is 14.4. The minimum atomic E-state index is -0.771. The van der Waals surface area contributed by atoms with Crippen LogP contribution >= 0.6 is 11.3 Å². The summed E-state index contributed by atoms with van der Waals surface area (Å²) >= 11 is 1.47. The second-order valence-electron chi connectivity index (χ2n) is 6.94. The van der Waals surface area contributed by atoms with E-state index < -0.39 is 12.1 Å².